The van der Waals surface area contributed by atoms with Crippen LogP contribution in [-0.2, 0) is 29.8 Å². The van der Waals surface area contributed by atoms with Gasteiger partial charge in [-0.25, -0.2) is 9.79 Å². The normalized spacial score (nSPS) is 15.1. The molecule has 18 heteroatoms. The van der Waals surface area contributed by atoms with Crippen LogP contribution in [0, 0.1) is 13.8 Å². The van der Waals surface area contributed by atoms with E-state index in [4.69, 9.17) is 14.8 Å². The number of aliphatic carboxylic acids is 1. The molecule has 6 N–H and O–H groups in total. The molecule has 1 aliphatic heterocycles. The van der Waals surface area contributed by atoms with E-state index in [-0.39, 0.29) is 11.4 Å². The van der Waals surface area contributed by atoms with Crippen molar-refractivity contribution >= 4 is 66.5 Å². The molecule has 0 aliphatic carbocycles. The molecular weight excluding hydrogens is 679 g/mol. The van der Waals surface area contributed by atoms with E-state index >= 15 is 0 Å². The molecule has 0 radical (unpaired) electrons. The van der Waals surface area contributed by atoms with Crippen LogP contribution >= 0.6 is 0 Å². The lowest BCUT2D eigenvalue weighted by molar-refractivity contribution is -0.130. The largest absolute Gasteiger partial charge is 0.477 e. The molecule has 0 fully saturated rings. The fourth-order valence-corrected chi connectivity index (χ4v) is 5.12. The monoisotopic (exact) mass is 707 g/mol. The van der Waals surface area contributed by atoms with Crippen molar-refractivity contribution in [3.63, 3.8) is 0 Å². The number of hydrazone groups is 1. The van der Waals surface area contributed by atoms with Gasteiger partial charge in [0.15, 0.2) is 11.7 Å². The lowest BCUT2D eigenvalue weighted by Gasteiger charge is -2.12. The lowest BCUT2D eigenvalue weighted by atomic mass is 10.2. The van der Waals surface area contributed by atoms with E-state index in [0.717, 1.165) is 58.9 Å². The van der Waals surface area contributed by atoms with Gasteiger partial charge in [0.05, 0.1) is 26.9 Å². The Morgan fingerprint density at radius 3 is 1.88 bits per heavy atom. The number of amides is 1. The molecule has 4 aromatic rings. The first-order valence-electron chi connectivity index (χ1n) is 14.0. The molecular formula is C31H29N7O9S2. The lowest BCUT2D eigenvalue weighted by Crippen LogP contribution is -2.33. The predicted octanol–water partition coefficient (Wildman–Crippen LogP) is 4.48. The highest BCUT2D eigenvalue weighted by Gasteiger charge is 2.41. The second kappa shape index (κ2) is 14.9. The molecule has 0 saturated heterocycles. The summed E-state index contributed by atoms with van der Waals surface area (Å²) < 4.78 is 62.3. The molecule has 16 nitrogen and oxygen atoms in total. The molecule has 0 saturated carbocycles. The molecule has 0 aromatic heterocycles. The quantitative estimate of drug-likeness (QED) is 0.0738. The first-order valence-corrected chi connectivity index (χ1v) is 16.9. The van der Waals surface area contributed by atoms with Gasteiger partial charge in [-0.2, -0.15) is 37.2 Å². The minimum Gasteiger partial charge on any atom is -0.477 e. The van der Waals surface area contributed by atoms with Crippen LogP contribution in [0.5, 0.6) is 0 Å². The number of para-hydroxylation sites is 2. The van der Waals surface area contributed by atoms with Gasteiger partial charge in [-0.15, -0.1) is 0 Å². The van der Waals surface area contributed by atoms with E-state index in [1.165, 1.54) is 12.1 Å². The number of carboxylic acid groups (broad SMARTS) is 1. The van der Waals surface area contributed by atoms with Gasteiger partial charge in [0.25, 0.3) is 26.1 Å². The van der Waals surface area contributed by atoms with E-state index in [9.17, 15) is 31.5 Å². The number of hydrogen-bond acceptors (Lipinski definition) is 10. The number of anilines is 2. The Kier molecular flexibility index (Phi) is 11.0. The second-order valence-corrected chi connectivity index (χ2v) is 13.1. The van der Waals surface area contributed by atoms with Gasteiger partial charge in [0.1, 0.15) is 0 Å². The van der Waals surface area contributed by atoms with Gasteiger partial charge in [-0.1, -0.05) is 36.4 Å². The van der Waals surface area contributed by atoms with Crippen molar-refractivity contribution in [1.29, 1.82) is 0 Å². The van der Waals surface area contributed by atoms with Gasteiger partial charge in [0, 0.05) is 5.69 Å². The predicted molar refractivity (Wildman–Crippen MR) is 181 cm³/mol. The zero-order valence-electron chi connectivity index (χ0n) is 25.7. The summed E-state index contributed by atoms with van der Waals surface area (Å²) in [7, 11) is -8.88. The average molecular weight is 708 g/mol. The number of carboxylic acids is 1. The number of rotatable bonds is 8. The summed E-state index contributed by atoms with van der Waals surface area (Å²) in [5.74, 6) is -2.04. The second-order valence-electron chi connectivity index (χ2n) is 10.2. The number of carbonyl (C=O) groups excluding carboxylic acids is 1. The topological polar surface area (TPSA) is 254 Å². The standard InChI is InChI=1S/C16H12N4O9S2.C15H17N3/c21-15-13(18-17-9-1-5-11(6-2-9)30(24,25)26)14(16(22)23)19-20(15)10-3-7-12(8-4-10)31(27,28)29;1-11-7-3-5-9-13(11)17-15(16)18-14-10-6-4-8-12(14)2/h1-8,13H,(H,22,23)(H,24,25,26)(H,27,28,29);3-10H,1-2H3,(H3,16,17,18). The molecule has 4 aromatic carbocycles. The summed E-state index contributed by atoms with van der Waals surface area (Å²) in [6.45, 7) is 4.04. The van der Waals surface area contributed by atoms with Crippen LogP contribution in [0.15, 0.2) is 127 Å². The summed E-state index contributed by atoms with van der Waals surface area (Å²) in [5, 5.41) is 24.2. The Morgan fingerprint density at radius 2 is 1.35 bits per heavy atom. The van der Waals surface area contributed by atoms with Crippen molar-refractivity contribution in [2.45, 2.75) is 29.7 Å². The van der Waals surface area contributed by atoms with E-state index < -0.39 is 53.7 Å². The SMILES string of the molecule is Cc1ccccc1N=C(N)Nc1ccccc1C.O=C(O)C1=NN(c2ccc(S(=O)(=O)O)cc2)C(=O)C1N=Nc1ccc(S(=O)(=O)O)cc1. The van der Waals surface area contributed by atoms with Crippen LogP contribution in [0.3, 0.4) is 0 Å². The number of nitrogens with zero attached hydrogens (tertiary/aromatic N) is 5. The molecule has 254 valence electrons. The van der Waals surface area contributed by atoms with Gasteiger partial charge in [-0.3, -0.25) is 13.9 Å². The number of carbonyl (C=O) groups is 2. The third-order valence-corrected chi connectivity index (χ3v) is 8.43. The van der Waals surface area contributed by atoms with Crippen molar-refractivity contribution in [2.24, 2.45) is 26.1 Å². The Balaban J connectivity index is 0.000000254. The average Bonchev–Trinajstić information content (AvgIpc) is 3.38. The van der Waals surface area contributed by atoms with Crippen LogP contribution in [-0.4, -0.2) is 60.6 Å². The van der Waals surface area contributed by atoms with Crippen molar-refractivity contribution in [3.8, 4) is 0 Å². The van der Waals surface area contributed by atoms with Crippen LogP contribution in [0.1, 0.15) is 11.1 Å². The van der Waals surface area contributed by atoms with E-state index in [1.54, 1.807) is 0 Å². The van der Waals surface area contributed by atoms with Crippen LogP contribution in [0.2, 0.25) is 0 Å². The fourth-order valence-electron chi connectivity index (χ4n) is 4.16. The molecule has 0 bridgehead atoms. The fraction of sp³-hybridized carbons (Fsp3) is 0.0968. The molecule has 5 rings (SSSR count). The molecule has 49 heavy (non-hydrogen) atoms. The number of aliphatic imine (C=N–C) groups is 1. The van der Waals surface area contributed by atoms with Crippen molar-refractivity contribution in [3.05, 3.63) is 108 Å². The molecule has 1 unspecified atom stereocenters. The maximum Gasteiger partial charge on any atom is 0.355 e. The number of hydrogen-bond donors (Lipinski definition) is 5. The van der Waals surface area contributed by atoms with Crippen molar-refractivity contribution in [1.82, 2.24) is 0 Å². The number of guanidine groups is 1. The van der Waals surface area contributed by atoms with Crippen LogP contribution in [0.25, 0.3) is 0 Å². The minimum atomic E-state index is -4.46. The highest BCUT2D eigenvalue weighted by atomic mass is 32.2. The van der Waals surface area contributed by atoms with Crippen molar-refractivity contribution < 1.29 is 40.6 Å². The Labute approximate surface area is 280 Å². The maximum absolute atomic E-state index is 12.6. The Hall–Kier alpha value is -5.82. The molecule has 1 heterocycles. The summed E-state index contributed by atoms with van der Waals surface area (Å²) >= 11 is 0. The van der Waals surface area contributed by atoms with Gasteiger partial charge >= 0.3 is 5.97 Å². The van der Waals surface area contributed by atoms with E-state index in [0.29, 0.717) is 11.0 Å². The summed E-state index contributed by atoms with van der Waals surface area (Å²) in [5.41, 5.74) is 9.46. The van der Waals surface area contributed by atoms with E-state index in [1.807, 2.05) is 62.4 Å². The number of aryl methyl sites for hydroxylation is 2. The minimum absolute atomic E-state index is 0.0198. The molecule has 0 spiro atoms. The summed E-state index contributed by atoms with van der Waals surface area (Å²) in [6.07, 6.45) is 0. The van der Waals surface area contributed by atoms with Gasteiger partial charge in [-0.05, 0) is 85.6 Å². The third kappa shape index (κ3) is 9.39. The Morgan fingerprint density at radius 1 is 0.816 bits per heavy atom. The zero-order chi connectivity index (χ0) is 35.9. The highest BCUT2D eigenvalue weighted by molar-refractivity contribution is 7.86. The third-order valence-electron chi connectivity index (χ3n) is 6.70. The Bertz CT molecular complexity index is 2190. The van der Waals surface area contributed by atoms with Gasteiger partial charge in [0.2, 0.25) is 6.04 Å². The number of azo groups is 1. The summed E-state index contributed by atoms with van der Waals surface area (Å²) in [4.78, 5) is 27.6. The smallest absolute Gasteiger partial charge is 0.355 e. The molecule has 1 atom stereocenters. The first kappa shape index (κ1) is 36.0. The number of benzene rings is 4. The van der Waals surface area contributed by atoms with Crippen molar-refractivity contribution in [2.75, 3.05) is 10.3 Å². The molecule has 1 aliphatic rings. The van der Waals surface area contributed by atoms with Crippen LogP contribution in [0.4, 0.5) is 22.7 Å². The van der Waals surface area contributed by atoms with Gasteiger partial charge < -0.3 is 16.2 Å². The van der Waals surface area contributed by atoms with E-state index in [2.05, 4.69) is 25.6 Å². The number of nitrogens with two attached hydrogens (primary N) is 1. The first-order chi connectivity index (χ1) is 23.0. The zero-order valence-corrected chi connectivity index (χ0v) is 27.4. The molecule has 1 amide bonds. The number of nitrogens with one attached hydrogen (secondary N) is 1. The summed E-state index contributed by atoms with van der Waals surface area (Å²) in [6, 6.07) is 22.9. The highest BCUT2D eigenvalue weighted by Crippen LogP contribution is 2.26. The maximum atomic E-state index is 12.6. The van der Waals surface area contributed by atoms with Crippen LogP contribution < -0.4 is 16.1 Å².